The second kappa shape index (κ2) is 4.73. The molecule has 0 heterocycles. The van der Waals surface area contributed by atoms with Gasteiger partial charge in [0, 0.05) is 5.69 Å². The molecule has 1 atom stereocenters. The molecular weight excluding hydrogens is 209 g/mol. The van der Waals surface area contributed by atoms with Crippen LogP contribution in [0.15, 0.2) is 24.3 Å². The molecule has 0 aliphatic carbocycles. The number of rotatable bonds is 5. The minimum atomic E-state index is -0.599. The first-order chi connectivity index (χ1) is 7.45. The summed E-state index contributed by atoms with van der Waals surface area (Å²) in [6, 6.07) is 7.45. The van der Waals surface area contributed by atoms with E-state index in [4.69, 9.17) is 1.43 Å². The highest BCUT2D eigenvalue weighted by Crippen LogP contribution is 2.18. The Bertz CT molecular complexity index is 365. The summed E-state index contributed by atoms with van der Waals surface area (Å²) in [5.74, 6) is 0. The molecule has 0 aliphatic rings. The molecule has 82 valence electrons. The van der Waals surface area contributed by atoms with Crippen molar-refractivity contribution < 1.29 is 9.90 Å². The van der Waals surface area contributed by atoms with Gasteiger partial charge in [-0.1, -0.05) is 21.4 Å². The van der Waals surface area contributed by atoms with E-state index in [0.717, 1.165) is 11.3 Å². The normalized spacial score (nSPS) is 12.1. The summed E-state index contributed by atoms with van der Waals surface area (Å²) in [5, 5.41) is 7.41. The number of nitrogens with one attached hydrogen (secondary N) is 1. The molecule has 0 saturated heterocycles. The predicted octanol–water partition coefficient (Wildman–Crippen LogP) is 1.77. The number of hydrogen-bond acceptors (Lipinski definition) is 3. The molecule has 0 spiro atoms. The summed E-state index contributed by atoms with van der Waals surface area (Å²) in [7, 11) is 2.18. The van der Waals surface area contributed by atoms with Gasteiger partial charge >= 0.3 is 0 Å². The van der Waals surface area contributed by atoms with Crippen LogP contribution in [0.1, 0.15) is 19.4 Å². The van der Waals surface area contributed by atoms with Gasteiger partial charge in [-0.05, 0) is 31.5 Å². The molecule has 0 aromatic heterocycles. The van der Waals surface area contributed by atoms with E-state index in [0.29, 0.717) is 0 Å². The Morgan fingerprint density at radius 2 is 2.13 bits per heavy atom. The Hall–Kier alpha value is -0.920. The number of carbonyl (C=O) groups is 1. The molecule has 0 amide bonds. The van der Waals surface area contributed by atoms with Gasteiger partial charge < -0.3 is 10.4 Å². The maximum atomic E-state index is 11.3. The molecular formula is C11H16NO2P. The van der Waals surface area contributed by atoms with Gasteiger partial charge in [-0.3, -0.25) is 4.79 Å². The molecule has 4 heteroatoms. The second-order valence-corrected chi connectivity index (χ2v) is 4.48. The Balaban J connectivity index is 2.72. The highest BCUT2D eigenvalue weighted by Gasteiger charge is 2.22. The van der Waals surface area contributed by atoms with E-state index in [1.807, 2.05) is 38.1 Å². The lowest BCUT2D eigenvalue weighted by Gasteiger charge is -2.24. The zero-order valence-electron chi connectivity index (χ0n) is 9.91. The Kier molecular flexibility index (Phi) is 3.34. The van der Waals surface area contributed by atoms with E-state index in [1.54, 1.807) is 0 Å². The third-order valence-electron chi connectivity index (χ3n) is 2.19. The van der Waals surface area contributed by atoms with E-state index in [-0.39, 0.29) is 12.1 Å². The molecule has 2 N–H and O–H groups in total. The number of benzene rings is 1. The Morgan fingerprint density at radius 3 is 2.60 bits per heavy atom. The van der Waals surface area contributed by atoms with Crippen molar-refractivity contribution in [2.45, 2.75) is 26.0 Å². The lowest BCUT2D eigenvalue weighted by atomic mass is 10.1. The van der Waals surface area contributed by atoms with Crippen LogP contribution in [0.4, 0.5) is 5.69 Å². The summed E-state index contributed by atoms with van der Waals surface area (Å²) in [6.45, 7) is 3.92. The monoisotopic (exact) mass is 226 g/mol. The zero-order valence-corrected chi connectivity index (χ0v) is 10.1. The summed E-state index contributed by atoms with van der Waals surface area (Å²) < 4.78 is 6.63. The quantitative estimate of drug-likeness (QED) is 0.752. The Morgan fingerprint density at radius 1 is 1.53 bits per heavy atom. The van der Waals surface area contributed by atoms with Gasteiger partial charge in [0.1, 0.15) is 0 Å². The lowest BCUT2D eigenvalue weighted by molar-refractivity contribution is -0.114. The third-order valence-corrected chi connectivity index (χ3v) is 2.92. The van der Waals surface area contributed by atoms with Crippen molar-refractivity contribution >= 4 is 20.5 Å². The van der Waals surface area contributed by atoms with Gasteiger partial charge in [-0.25, -0.2) is 0 Å². The minimum Gasteiger partial charge on any atom is -0.392 e. The van der Waals surface area contributed by atoms with E-state index in [1.165, 1.54) is 0 Å². The van der Waals surface area contributed by atoms with Crippen molar-refractivity contribution in [2.24, 2.45) is 0 Å². The fraction of sp³-hybridized carbons (Fsp3) is 0.364. The average molecular weight is 226 g/mol. The zero-order chi connectivity index (χ0) is 12.2. The van der Waals surface area contributed by atoms with Gasteiger partial charge in [-0.2, -0.15) is 0 Å². The topological polar surface area (TPSA) is 49.3 Å². The summed E-state index contributed by atoms with van der Waals surface area (Å²) in [4.78, 5) is 11.3. The molecule has 3 nitrogen and oxygen atoms in total. The molecule has 0 aliphatic heterocycles. The summed E-state index contributed by atoms with van der Waals surface area (Å²) in [5.41, 5.74) is 1.20. The smallest absolute Gasteiger partial charge is 0.211 e. The number of hydrogen-bond donors (Lipinski definition) is 2. The SMILES string of the molecule is [2H]OCc1ccc(NC(C)(C)C(=O)P)cc1. The number of anilines is 1. The maximum absolute atomic E-state index is 11.3. The van der Waals surface area contributed by atoms with Gasteiger partial charge in [0.15, 0.2) is 5.52 Å². The van der Waals surface area contributed by atoms with E-state index < -0.39 is 5.54 Å². The van der Waals surface area contributed by atoms with Crippen LogP contribution in [-0.2, 0) is 11.4 Å². The van der Waals surface area contributed by atoms with Crippen molar-refractivity contribution in [3.8, 4) is 0 Å². The highest BCUT2D eigenvalue weighted by molar-refractivity contribution is 7.40. The lowest BCUT2D eigenvalue weighted by Crippen LogP contribution is -2.36. The van der Waals surface area contributed by atoms with Crippen molar-refractivity contribution in [3.63, 3.8) is 0 Å². The molecule has 0 saturated carbocycles. The van der Waals surface area contributed by atoms with Crippen LogP contribution >= 0.6 is 9.24 Å². The minimum absolute atomic E-state index is 0.00562. The van der Waals surface area contributed by atoms with Gasteiger partial charge in [0.2, 0.25) is 1.43 Å². The molecule has 1 rings (SSSR count). The Labute approximate surface area is 93.6 Å². The first-order valence-corrected chi connectivity index (χ1v) is 5.28. The van der Waals surface area contributed by atoms with Crippen LogP contribution in [0.5, 0.6) is 0 Å². The molecule has 0 fully saturated rings. The van der Waals surface area contributed by atoms with Crippen LogP contribution < -0.4 is 5.32 Å². The van der Waals surface area contributed by atoms with Crippen molar-refractivity contribution in [1.82, 2.24) is 0 Å². The molecule has 1 aromatic rings. The molecule has 1 unspecified atom stereocenters. The van der Waals surface area contributed by atoms with Gasteiger partial charge in [0.25, 0.3) is 0 Å². The van der Waals surface area contributed by atoms with E-state index >= 15 is 0 Å². The van der Waals surface area contributed by atoms with Crippen LogP contribution in [0.2, 0.25) is 0 Å². The summed E-state index contributed by atoms with van der Waals surface area (Å²) >= 11 is 0. The van der Waals surface area contributed by atoms with Crippen molar-refractivity contribution in [1.29, 1.82) is 1.43 Å². The van der Waals surface area contributed by atoms with Crippen molar-refractivity contribution in [3.05, 3.63) is 29.8 Å². The van der Waals surface area contributed by atoms with Crippen LogP contribution in [0.3, 0.4) is 0 Å². The van der Waals surface area contributed by atoms with Gasteiger partial charge in [-0.15, -0.1) is 0 Å². The fourth-order valence-electron chi connectivity index (χ4n) is 1.11. The number of aliphatic hydroxyl groups is 1. The number of carbonyl (C=O) groups excluding carboxylic acids is 1. The van der Waals surface area contributed by atoms with Gasteiger partial charge in [0.05, 0.1) is 12.1 Å². The van der Waals surface area contributed by atoms with Crippen LogP contribution in [0.25, 0.3) is 0 Å². The molecule has 1 aromatic carbocycles. The van der Waals surface area contributed by atoms with E-state index in [9.17, 15) is 4.79 Å². The first kappa shape index (κ1) is 10.6. The van der Waals surface area contributed by atoms with Crippen molar-refractivity contribution in [2.75, 3.05) is 5.32 Å². The number of aliphatic hydroxyl groups excluding tert-OH is 1. The maximum Gasteiger partial charge on any atom is 0.211 e. The predicted molar refractivity (Wildman–Crippen MR) is 64.8 cm³/mol. The third kappa shape index (κ3) is 3.29. The van der Waals surface area contributed by atoms with Crippen LogP contribution in [0, 0.1) is 0 Å². The standard InChI is InChI=1S/C11H16NO2P/c1-11(2,10(14)15)12-9-5-3-8(7-13)4-6-9/h3-6,12-13H,7,15H2,1-2H3/i13D. The second-order valence-electron chi connectivity index (χ2n) is 3.96. The molecule has 15 heavy (non-hydrogen) atoms. The summed E-state index contributed by atoms with van der Waals surface area (Å²) in [6.07, 6.45) is 0. The largest absolute Gasteiger partial charge is 0.392 e. The highest BCUT2D eigenvalue weighted by atomic mass is 31.0. The fourth-order valence-corrected chi connectivity index (χ4v) is 1.18. The molecule has 0 radical (unpaired) electrons. The first-order valence-electron chi connectivity index (χ1n) is 5.11. The van der Waals surface area contributed by atoms with Crippen LogP contribution in [-0.4, -0.2) is 17.6 Å². The average Bonchev–Trinajstić information content (AvgIpc) is 2.21. The van der Waals surface area contributed by atoms with E-state index in [2.05, 4.69) is 19.7 Å². The molecule has 0 bridgehead atoms.